The summed E-state index contributed by atoms with van der Waals surface area (Å²) in [6, 6.07) is 6.47. The largest absolute Gasteiger partial charge is 0.508 e. The summed E-state index contributed by atoms with van der Waals surface area (Å²) in [4.78, 5) is 64.9. The molecule has 1 aromatic rings. The Balaban J connectivity index is 1.68. The number of hydrogen-bond acceptors (Lipinski definition) is 7. The fourth-order valence-electron chi connectivity index (χ4n) is 5.72. The lowest BCUT2D eigenvalue weighted by Crippen LogP contribution is -2.40. The van der Waals surface area contributed by atoms with E-state index in [4.69, 9.17) is 0 Å². The third kappa shape index (κ3) is 2.93. The molecule has 3 amide bonds. The zero-order chi connectivity index (χ0) is 23.6. The van der Waals surface area contributed by atoms with E-state index in [0.29, 0.717) is 27.2 Å². The van der Waals surface area contributed by atoms with E-state index in [-0.39, 0.29) is 30.2 Å². The van der Waals surface area contributed by atoms with Crippen molar-refractivity contribution in [2.24, 2.45) is 17.8 Å². The van der Waals surface area contributed by atoms with Crippen LogP contribution in [0.2, 0.25) is 0 Å². The van der Waals surface area contributed by atoms with Gasteiger partial charge in [-0.2, -0.15) is 4.90 Å². The van der Waals surface area contributed by atoms with E-state index < -0.39 is 41.6 Å². The highest BCUT2D eigenvalue weighted by molar-refractivity contribution is 6.24. The van der Waals surface area contributed by atoms with Crippen LogP contribution in [0.5, 0.6) is 5.75 Å². The number of carbonyl (C=O) groups excluding carboxylic acids is 5. The number of phenols is 1. The Morgan fingerprint density at radius 1 is 1.12 bits per heavy atom. The molecule has 8 heteroatoms. The van der Waals surface area contributed by atoms with E-state index >= 15 is 0 Å². The van der Waals surface area contributed by atoms with Crippen LogP contribution in [0.3, 0.4) is 0 Å². The van der Waals surface area contributed by atoms with Crippen molar-refractivity contribution in [3.05, 3.63) is 64.3 Å². The molecule has 0 unspecified atom stereocenters. The topological polar surface area (TPSA) is 118 Å². The van der Waals surface area contributed by atoms with Gasteiger partial charge < -0.3 is 9.84 Å². The number of ketones is 2. The van der Waals surface area contributed by atoms with Crippen LogP contribution in [0, 0.1) is 17.8 Å². The van der Waals surface area contributed by atoms with Gasteiger partial charge in [-0.3, -0.25) is 19.2 Å². The van der Waals surface area contributed by atoms with Crippen molar-refractivity contribution in [2.45, 2.75) is 25.7 Å². The van der Waals surface area contributed by atoms with Crippen LogP contribution >= 0.6 is 0 Å². The van der Waals surface area contributed by atoms with Crippen molar-refractivity contribution < 1.29 is 33.8 Å². The highest BCUT2D eigenvalue weighted by Crippen LogP contribution is 2.55. The molecule has 1 N–H and O–H groups in total. The van der Waals surface area contributed by atoms with Crippen molar-refractivity contribution in [2.75, 3.05) is 7.11 Å². The first-order valence-corrected chi connectivity index (χ1v) is 10.7. The zero-order valence-electron chi connectivity index (χ0n) is 18.0. The fourth-order valence-corrected chi connectivity index (χ4v) is 5.72. The lowest BCUT2D eigenvalue weighted by Gasteiger charge is -2.42. The van der Waals surface area contributed by atoms with E-state index in [1.807, 2.05) is 6.08 Å². The van der Waals surface area contributed by atoms with E-state index in [2.05, 4.69) is 4.74 Å². The number of nitrogens with zero attached hydrogens (tertiary/aromatic N) is 1. The zero-order valence-corrected chi connectivity index (χ0v) is 18.0. The molecule has 1 fully saturated rings. The van der Waals surface area contributed by atoms with E-state index in [0.717, 1.165) is 12.7 Å². The van der Waals surface area contributed by atoms with Gasteiger partial charge in [-0.25, -0.2) is 4.79 Å². The number of rotatable bonds is 1. The van der Waals surface area contributed by atoms with Crippen molar-refractivity contribution in [3.8, 4) is 5.75 Å². The van der Waals surface area contributed by atoms with E-state index in [9.17, 15) is 29.1 Å². The Labute approximate surface area is 189 Å². The average Bonchev–Trinajstić information content (AvgIpc) is 3.05. The van der Waals surface area contributed by atoms with Crippen LogP contribution in [-0.4, -0.2) is 46.6 Å². The molecule has 168 valence electrons. The summed E-state index contributed by atoms with van der Waals surface area (Å²) in [7, 11) is 1.10. The summed E-state index contributed by atoms with van der Waals surface area (Å²) < 4.78 is 4.63. The molecule has 1 aromatic carbocycles. The number of ether oxygens (including phenoxy) is 1. The summed E-state index contributed by atoms with van der Waals surface area (Å²) in [5, 5.41) is 10.1. The molecule has 0 bridgehead atoms. The molecule has 1 heterocycles. The summed E-state index contributed by atoms with van der Waals surface area (Å²) in [6.45, 7) is 1.59. The maximum absolute atomic E-state index is 13.2. The van der Waals surface area contributed by atoms with Crippen LogP contribution in [0.25, 0.3) is 0 Å². The second kappa shape index (κ2) is 7.37. The highest BCUT2D eigenvalue weighted by Gasteiger charge is 2.58. The Morgan fingerprint density at radius 3 is 2.58 bits per heavy atom. The summed E-state index contributed by atoms with van der Waals surface area (Å²) in [5.41, 5.74) is 2.38. The number of Topliss-reactive ketones (excluding diaryl/α,β-unsaturated/α-hetero) is 1. The number of amides is 3. The molecule has 0 spiro atoms. The number of benzene rings is 1. The maximum atomic E-state index is 13.2. The monoisotopic (exact) mass is 447 g/mol. The molecule has 4 aliphatic rings. The molecule has 1 saturated heterocycles. The minimum Gasteiger partial charge on any atom is -0.508 e. The van der Waals surface area contributed by atoms with Crippen molar-refractivity contribution in [1.29, 1.82) is 0 Å². The van der Waals surface area contributed by atoms with Gasteiger partial charge in [0, 0.05) is 22.6 Å². The van der Waals surface area contributed by atoms with Gasteiger partial charge in [-0.1, -0.05) is 23.8 Å². The molecule has 0 aromatic heterocycles. The second-order valence-corrected chi connectivity index (χ2v) is 8.81. The predicted molar refractivity (Wildman–Crippen MR) is 114 cm³/mol. The number of aromatic hydroxyl groups is 1. The van der Waals surface area contributed by atoms with Gasteiger partial charge in [0.2, 0.25) is 11.8 Å². The lowest BCUT2D eigenvalue weighted by molar-refractivity contribution is -0.137. The molecule has 5 rings (SSSR count). The van der Waals surface area contributed by atoms with Gasteiger partial charge >= 0.3 is 6.09 Å². The Hall–Kier alpha value is -3.81. The Bertz CT molecular complexity index is 1250. The Morgan fingerprint density at radius 2 is 1.88 bits per heavy atom. The SMILES string of the molecule is COC(=O)N1C(=O)[C@H]2[C@H](CC=C3[C@H](c4cccc(O)c4)C4=C(C[C@H]32)C(=O)C=C(C)C4=O)C1=O. The maximum Gasteiger partial charge on any atom is 0.423 e. The van der Waals surface area contributed by atoms with Crippen LogP contribution in [-0.2, 0) is 23.9 Å². The van der Waals surface area contributed by atoms with Crippen molar-refractivity contribution >= 4 is 29.5 Å². The number of likely N-dealkylation sites (tertiary alicyclic amines) is 1. The molecule has 4 atom stereocenters. The summed E-state index contributed by atoms with van der Waals surface area (Å²) in [6.07, 6.45) is 2.48. The number of hydrogen-bond donors (Lipinski definition) is 1. The third-order valence-electron chi connectivity index (χ3n) is 7.13. The molecular weight excluding hydrogens is 426 g/mol. The average molecular weight is 447 g/mol. The third-order valence-corrected chi connectivity index (χ3v) is 7.13. The number of allylic oxidation sites excluding steroid dienone is 6. The van der Waals surface area contributed by atoms with Crippen molar-refractivity contribution in [1.82, 2.24) is 4.90 Å². The first-order chi connectivity index (χ1) is 15.7. The number of phenolic OH excluding ortho intramolecular Hbond substituents is 1. The summed E-state index contributed by atoms with van der Waals surface area (Å²) >= 11 is 0. The van der Waals surface area contributed by atoms with Gasteiger partial charge in [0.15, 0.2) is 11.6 Å². The first kappa shape index (κ1) is 21.1. The van der Waals surface area contributed by atoms with Gasteiger partial charge in [0.05, 0.1) is 18.9 Å². The Kier molecular flexibility index (Phi) is 4.70. The normalized spacial score (nSPS) is 28.7. The number of methoxy groups -OCH3 is 1. The quantitative estimate of drug-likeness (QED) is 0.399. The van der Waals surface area contributed by atoms with Crippen LogP contribution < -0.4 is 0 Å². The minimum atomic E-state index is -1.02. The predicted octanol–water partition coefficient (Wildman–Crippen LogP) is 2.59. The molecular formula is C25H21NO7. The highest BCUT2D eigenvalue weighted by atomic mass is 16.5. The van der Waals surface area contributed by atoms with Gasteiger partial charge in [-0.05, 0) is 49.5 Å². The molecule has 33 heavy (non-hydrogen) atoms. The standard InChI is InChI=1S/C25H21NO7/c1-11-8-18(28)17-10-16-14(19(21(17)22(11)29)12-4-3-5-13(27)9-12)6-7-15-20(16)24(31)26(23(15)30)25(32)33-2/h3-6,8-9,15-16,19-20,27H,7,10H2,1-2H3/t15-,16+,19-,20-/m0/s1. The first-order valence-electron chi connectivity index (χ1n) is 10.7. The van der Waals surface area contributed by atoms with Crippen LogP contribution in [0.1, 0.15) is 31.2 Å². The van der Waals surface area contributed by atoms with Gasteiger partial charge in [0.1, 0.15) is 5.75 Å². The number of carbonyl (C=O) groups is 5. The molecule has 1 aliphatic heterocycles. The number of imide groups is 3. The van der Waals surface area contributed by atoms with E-state index in [1.54, 1.807) is 25.1 Å². The molecule has 0 saturated carbocycles. The lowest BCUT2D eigenvalue weighted by atomic mass is 9.59. The smallest absolute Gasteiger partial charge is 0.423 e. The fraction of sp³-hybridized carbons (Fsp3) is 0.320. The van der Waals surface area contributed by atoms with Crippen molar-refractivity contribution in [3.63, 3.8) is 0 Å². The number of fused-ring (bicyclic) bond motifs is 3. The molecule has 0 radical (unpaired) electrons. The van der Waals surface area contributed by atoms with Gasteiger partial charge in [0.25, 0.3) is 0 Å². The van der Waals surface area contributed by atoms with Crippen LogP contribution in [0.4, 0.5) is 4.79 Å². The van der Waals surface area contributed by atoms with E-state index in [1.165, 1.54) is 12.1 Å². The second-order valence-electron chi connectivity index (χ2n) is 8.81. The van der Waals surface area contributed by atoms with Crippen LogP contribution in [0.15, 0.2) is 58.7 Å². The minimum absolute atomic E-state index is 0.0110. The molecule has 8 nitrogen and oxygen atoms in total. The summed E-state index contributed by atoms with van der Waals surface area (Å²) in [5.74, 6) is -4.53. The van der Waals surface area contributed by atoms with Gasteiger partial charge in [-0.15, -0.1) is 0 Å². The molecule has 3 aliphatic carbocycles.